The topological polar surface area (TPSA) is 74.8 Å². The van der Waals surface area contributed by atoms with Gasteiger partial charge in [-0.2, -0.15) is 5.26 Å². The molecule has 0 aliphatic carbocycles. The summed E-state index contributed by atoms with van der Waals surface area (Å²) in [5, 5.41) is 12.6. The van der Waals surface area contributed by atoms with Gasteiger partial charge in [0, 0.05) is 11.7 Å². The van der Waals surface area contributed by atoms with Crippen molar-refractivity contribution in [2.75, 3.05) is 4.90 Å². The molecule has 0 unspecified atom stereocenters. The molecular formula is C14H13N5O. The monoisotopic (exact) mass is 267 g/mol. The Kier molecular flexibility index (Phi) is 2.95. The second-order valence-electron chi connectivity index (χ2n) is 4.82. The van der Waals surface area contributed by atoms with E-state index in [4.69, 9.17) is 5.26 Å². The number of para-hydroxylation sites is 1. The van der Waals surface area contributed by atoms with Gasteiger partial charge in [0.2, 0.25) is 5.91 Å². The highest BCUT2D eigenvalue weighted by Gasteiger charge is 2.30. The number of hydrogen-bond acceptors (Lipinski definition) is 4. The van der Waals surface area contributed by atoms with Gasteiger partial charge in [0.15, 0.2) is 0 Å². The van der Waals surface area contributed by atoms with Crippen LogP contribution in [0.25, 0.3) is 0 Å². The molecule has 0 spiro atoms. The highest BCUT2D eigenvalue weighted by molar-refractivity contribution is 5.95. The fourth-order valence-electron chi connectivity index (χ4n) is 2.58. The van der Waals surface area contributed by atoms with Crippen LogP contribution in [-0.4, -0.2) is 26.7 Å². The molecule has 2 heterocycles. The van der Waals surface area contributed by atoms with Crippen molar-refractivity contribution < 1.29 is 4.79 Å². The molecule has 6 heteroatoms. The first kappa shape index (κ1) is 12.4. The molecule has 2 aromatic rings. The third kappa shape index (κ3) is 2.03. The van der Waals surface area contributed by atoms with Gasteiger partial charge in [0.25, 0.3) is 5.82 Å². The second-order valence-corrected chi connectivity index (χ2v) is 4.82. The van der Waals surface area contributed by atoms with E-state index in [1.807, 2.05) is 37.3 Å². The third-order valence-electron chi connectivity index (χ3n) is 3.41. The quantitative estimate of drug-likeness (QED) is 0.817. The van der Waals surface area contributed by atoms with Crippen LogP contribution in [0.3, 0.4) is 0 Å². The van der Waals surface area contributed by atoms with Crippen molar-refractivity contribution in [3.05, 3.63) is 42.0 Å². The number of amides is 1. The predicted octanol–water partition coefficient (Wildman–Crippen LogP) is 1.13. The van der Waals surface area contributed by atoms with E-state index in [-0.39, 0.29) is 24.3 Å². The number of hydrogen-bond donors (Lipinski definition) is 0. The van der Waals surface area contributed by atoms with Crippen LogP contribution in [-0.2, 0) is 17.8 Å². The van der Waals surface area contributed by atoms with Crippen molar-refractivity contribution in [1.29, 1.82) is 5.26 Å². The van der Waals surface area contributed by atoms with Crippen LogP contribution in [0.1, 0.15) is 18.3 Å². The van der Waals surface area contributed by atoms with Crippen molar-refractivity contribution in [2.24, 2.45) is 0 Å². The average Bonchev–Trinajstić information content (AvgIpc) is 3.01. The molecular weight excluding hydrogens is 254 g/mol. The summed E-state index contributed by atoms with van der Waals surface area (Å²) in [5.74, 6) is 0.0320. The largest absolute Gasteiger partial charge is 0.307 e. The number of aromatic nitrogens is 3. The fourth-order valence-corrected chi connectivity index (χ4v) is 2.58. The van der Waals surface area contributed by atoms with Crippen LogP contribution in [0.5, 0.6) is 0 Å². The lowest BCUT2D eigenvalue weighted by Gasteiger charge is -2.22. The number of carbonyl (C=O) groups excluding carboxylic acids is 1. The maximum atomic E-state index is 12.4. The fraction of sp³-hybridized carbons (Fsp3) is 0.286. The van der Waals surface area contributed by atoms with Crippen molar-refractivity contribution in [1.82, 2.24) is 14.8 Å². The lowest BCUT2D eigenvalue weighted by atomic mass is 10.1. The molecule has 0 saturated heterocycles. The van der Waals surface area contributed by atoms with Crippen molar-refractivity contribution in [3.63, 3.8) is 0 Å². The van der Waals surface area contributed by atoms with Gasteiger partial charge in [-0.25, -0.2) is 9.67 Å². The molecule has 0 N–H and O–H groups in total. The standard InChI is InChI=1S/C14H13N5O/c1-10-6-11-4-2-3-5-12(11)19(10)14(20)8-18-9-16-13(7-15)17-18/h2-5,9-10H,6,8H2,1H3/t10-/m0/s1. The minimum Gasteiger partial charge on any atom is -0.307 e. The molecule has 1 aromatic heterocycles. The smallest absolute Gasteiger partial charge is 0.252 e. The summed E-state index contributed by atoms with van der Waals surface area (Å²) in [6, 6.07) is 9.90. The molecule has 3 rings (SSSR count). The van der Waals surface area contributed by atoms with Gasteiger partial charge < -0.3 is 4.90 Å². The number of anilines is 1. The molecule has 1 aromatic carbocycles. The maximum absolute atomic E-state index is 12.4. The van der Waals surface area contributed by atoms with Crippen molar-refractivity contribution in [2.45, 2.75) is 25.9 Å². The lowest BCUT2D eigenvalue weighted by Crippen LogP contribution is -2.38. The molecule has 1 aliphatic rings. The molecule has 1 atom stereocenters. The first-order valence-corrected chi connectivity index (χ1v) is 6.38. The summed E-state index contributed by atoms with van der Waals surface area (Å²) in [5.41, 5.74) is 2.15. The highest BCUT2D eigenvalue weighted by Crippen LogP contribution is 2.31. The van der Waals surface area contributed by atoms with Gasteiger partial charge in [-0.3, -0.25) is 4.79 Å². The van der Waals surface area contributed by atoms with Gasteiger partial charge in [-0.1, -0.05) is 18.2 Å². The number of nitriles is 1. The van der Waals surface area contributed by atoms with E-state index in [1.165, 1.54) is 16.6 Å². The van der Waals surface area contributed by atoms with Crippen LogP contribution in [0.15, 0.2) is 30.6 Å². The van der Waals surface area contributed by atoms with E-state index in [1.54, 1.807) is 4.90 Å². The zero-order valence-corrected chi connectivity index (χ0v) is 11.0. The molecule has 0 fully saturated rings. The zero-order valence-electron chi connectivity index (χ0n) is 11.0. The zero-order chi connectivity index (χ0) is 14.1. The Morgan fingerprint density at radius 2 is 2.30 bits per heavy atom. The van der Waals surface area contributed by atoms with E-state index in [0.717, 1.165) is 12.1 Å². The number of nitrogens with zero attached hydrogens (tertiary/aromatic N) is 5. The predicted molar refractivity (Wildman–Crippen MR) is 71.8 cm³/mol. The Hall–Kier alpha value is -2.68. The SMILES string of the molecule is C[C@H]1Cc2ccccc2N1C(=O)Cn1cnc(C#N)n1. The number of benzene rings is 1. The van der Waals surface area contributed by atoms with Crippen LogP contribution >= 0.6 is 0 Å². The van der Waals surface area contributed by atoms with Gasteiger partial charge in [0.05, 0.1) is 0 Å². The van der Waals surface area contributed by atoms with Crippen molar-refractivity contribution in [3.8, 4) is 6.07 Å². The normalized spacial score (nSPS) is 16.8. The first-order chi connectivity index (χ1) is 9.69. The minimum absolute atomic E-state index is 0.0446. The molecule has 1 aliphatic heterocycles. The van der Waals surface area contributed by atoms with Gasteiger partial charge in [-0.15, -0.1) is 5.10 Å². The van der Waals surface area contributed by atoms with Gasteiger partial charge >= 0.3 is 0 Å². The van der Waals surface area contributed by atoms with Crippen LogP contribution < -0.4 is 4.90 Å². The number of rotatable bonds is 2. The molecule has 6 nitrogen and oxygen atoms in total. The highest BCUT2D eigenvalue weighted by atomic mass is 16.2. The van der Waals surface area contributed by atoms with Gasteiger partial charge in [0.1, 0.15) is 18.9 Å². The Labute approximate surface area is 116 Å². The van der Waals surface area contributed by atoms with Crippen LogP contribution in [0, 0.1) is 11.3 Å². The number of fused-ring (bicyclic) bond motifs is 1. The second kappa shape index (κ2) is 4.78. The van der Waals surface area contributed by atoms with E-state index in [0.29, 0.717) is 0 Å². The van der Waals surface area contributed by atoms with Crippen LogP contribution in [0.2, 0.25) is 0 Å². The summed E-state index contributed by atoms with van der Waals surface area (Å²) in [6.07, 6.45) is 2.27. The van der Waals surface area contributed by atoms with Crippen LogP contribution in [0.4, 0.5) is 5.69 Å². The average molecular weight is 267 g/mol. The van der Waals surface area contributed by atoms with Gasteiger partial charge in [-0.05, 0) is 25.0 Å². The first-order valence-electron chi connectivity index (χ1n) is 6.38. The third-order valence-corrected chi connectivity index (χ3v) is 3.41. The molecule has 20 heavy (non-hydrogen) atoms. The number of carbonyl (C=O) groups is 1. The summed E-state index contributed by atoms with van der Waals surface area (Å²) in [6.45, 7) is 2.12. The maximum Gasteiger partial charge on any atom is 0.252 e. The summed E-state index contributed by atoms with van der Waals surface area (Å²) in [4.78, 5) is 18.0. The Morgan fingerprint density at radius 1 is 1.50 bits per heavy atom. The van der Waals surface area contributed by atoms with E-state index in [2.05, 4.69) is 10.1 Å². The Morgan fingerprint density at radius 3 is 3.05 bits per heavy atom. The van der Waals surface area contributed by atoms with E-state index < -0.39 is 0 Å². The van der Waals surface area contributed by atoms with E-state index >= 15 is 0 Å². The van der Waals surface area contributed by atoms with E-state index in [9.17, 15) is 4.79 Å². The summed E-state index contributed by atoms with van der Waals surface area (Å²) < 4.78 is 1.40. The lowest BCUT2D eigenvalue weighted by molar-refractivity contribution is -0.119. The molecule has 0 saturated carbocycles. The molecule has 0 bridgehead atoms. The molecule has 1 amide bonds. The Balaban J connectivity index is 1.82. The Bertz CT molecular complexity index is 700. The minimum atomic E-state index is -0.0446. The summed E-state index contributed by atoms with van der Waals surface area (Å²) >= 11 is 0. The molecule has 0 radical (unpaired) electrons. The van der Waals surface area contributed by atoms with Crippen molar-refractivity contribution >= 4 is 11.6 Å². The summed E-state index contributed by atoms with van der Waals surface area (Å²) in [7, 11) is 0. The molecule has 100 valence electrons.